The lowest BCUT2D eigenvalue weighted by atomic mass is 10.0. The Kier molecular flexibility index (Phi) is 72.8. The third-order valence-electron chi connectivity index (χ3n) is 19.6. The molecule has 0 aliphatic rings. The predicted octanol–water partition coefficient (Wildman–Crippen LogP) is 25.3. The van der Waals surface area contributed by atoms with Gasteiger partial charge in [0.1, 0.15) is 19.3 Å². The standard InChI is InChI=1S/C84H164O17P2/c1-8-9-10-11-12-13-27-37-44-51-58-65-81(86)94-71-79(100-84(89)68-61-54-47-40-33-26-20-23-30-36-43-50-57-64-77(6)7)73-98-102(90,91)96-69-78(85)70-97-103(92,93)99-74-80(101-83(88)67-60-53-46-39-32-25-19-15-17-22-29-35-42-49-56-63-76(4)5)72-95-82(87)66-59-52-45-38-31-24-18-14-16-21-28-34-41-48-55-62-75(2)3/h75-80,85H,8-74H2,1-7H3,(H,90,91)(H,92,93)/t78-,79+,80+/m0/s1. The molecule has 0 rings (SSSR count). The molecular weight excluding hydrogens is 1340 g/mol. The first-order valence-electron chi connectivity index (χ1n) is 43.3. The number of phosphoric ester groups is 2. The zero-order valence-corrected chi connectivity index (χ0v) is 69.6. The fourth-order valence-corrected chi connectivity index (χ4v) is 14.6. The van der Waals surface area contributed by atoms with Gasteiger partial charge in [0.05, 0.1) is 26.4 Å². The van der Waals surface area contributed by atoms with Crippen LogP contribution in [0.1, 0.15) is 440 Å². The summed E-state index contributed by atoms with van der Waals surface area (Å²) in [4.78, 5) is 73.2. The summed E-state index contributed by atoms with van der Waals surface area (Å²) in [5, 5.41) is 10.7. The molecule has 0 aliphatic carbocycles. The van der Waals surface area contributed by atoms with E-state index in [1.807, 2.05) is 0 Å². The molecule has 103 heavy (non-hydrogen) atoms. The van der Waals surface area contributed by atoms with Crippen LogP contribution in [-0.2, 0) is 65.4 Å². The third kappa shape index (κ3) is 78.0. The van der Waals surface area contributed by atoms with Gasteiger partial charge in [0.2, 0.25) is 0 Å². The second kappa shape index (κ2) is 74.2. The minimum Gasteiger partial charge on any atom is -0.462 e. The van der Waals surface area contributed by atoms with E-state index in [-0.39, 0.29) is 25.7 Å². The largest absolute Gasteiger partial charge is 0.472 e. The molecular formula is C84H164O17P2. The van der Waals surface area contributed by atoms with Crippen LogP contribution in [0.4, 0.5) is 0 Å². The van der Waals surface area contributed by atoms with Gasteiger partial charge < -0.3 is 33.8 Å². The lowest BCUT2D eigenvalue weighted by Crippen LogP contribution is -2.30. The normalized spacial score (nSPS) is 13.9. The molecule has 0 spiro atoms. The monoisotopic (exact) mass is 1510 g/mol. The Labute approximate surface area is 632 Å². The number of carbonyl (C=O) groups is 4. The van der Waals surface area contributed by atoms with Crippen molar-refractivity contribution in [2.45, 2.75) is 458 Å². The van der Waals surface area contributed by atoms with E-state index in [1.165, 1.54) is 250 Å². The highest BCUT2D eigenvalue weighted by Gasteiger charge is 2.30. The Balaban J connectivity index is 5.25. The van der Waals surface area contributed by atoms with Gasteiger partial charge in [-0.1, -0.05) is 389 Å². The number of hydrogen-bond acceptors (Lipinski definition) is 15. The molecule has 612 valence electrons. The van der Waals surface area contributed by atoms with Gasteiger partial charge in [0, 0.05) is 25.7 Å². The maximum Gasteiger partial charge on any atom is 0.472 e. The summed E-state index contributed by atoms with van der Waals surface area (Å²) in [6, 6.07) is 0. The van der Waals surface area contributed by atoms with Crippen molar-refractivity contribution >= 4 is 39.5 Å². The fourth-order valence-electron chi connectivity index (χ4n) is 13.0. The van der Waals surface area contributed by atoms with E-state index < -0.39 is 97.5 Å². The van der Waals surface area contributed by atoms with E-state index in [9.17, 15) is 43.2 Å². The van der Waals surface area contributed by atoms with Gasteiger partial charge in [0.25, 0.3) is 0 Å². The Hall–Kier alpha value is -1.94. The number of phosphoric acid groups is 2. The van der Waals surface area contributed by atoms with Gasteiger partial charge in [-0.05, 0) is 43.4 Å². The van der Waals surface area contributed by atoms with Crippen molar-refractivity contribution in [2.24, 2.45) is 17.8 Å². The smallest absolute Gasteiger partial charge is 0.462 e. The highest BCUT2D eigenvalue weighted by atomic mass is 31.2. The van der Waals surface area contributed by atoms with Crippen LogP contribution in [-0.4, -0.2) is 96.7 Å². The summed E-state index contributed by atoms with van der Waals surface area (Å²) in [7, 11) is -9.93. The molecule has 0 aromatic rings. The van der Waals surface area contributed by atoms with Gasteiger partial charge in [0.15, 0.2) is 12.2 Å². The summed E-state index contributed by atoms with van der Waals surface area (Å²) in [6.07, 6.45) is 63.7. The van der Waals surface area contributed by atoms with E-state index in [0.29, 0.717) is 25.7 Å². The number of esters is 4. The summed E-state index contributed by atoms with van der Waals surface area (Å²) >= 11 is 0. The number of aliphatic hydroxyl groups is 1. The first-order chi connectivity index (χ1) is 49.7. The first kappa shape index (κ1) is 101. The minimum absolute atomic E-state index is 0.107. The summed E-state index contributed by atoms with van der Waals surface area (Å²) in [5.74, 6) is 0.291. The van der Waals surface area contributed by atoms with Crippen molar-refractivity contribution in [3.8, 4) is 0 Å². The van der Waals surface area contributed by atoms with Crippen LogP contribution in [0.5, 0.6) is 0 Å². The van der Waals surface area contributed by atoms with Gasteiger partial charge in [-0.2, -0.15) is 0 Å². The summed E-state index contributed by atoms with van der Waals surface area (Å²) in [6.45, 7) is 12.0. The average molecular weight is 1510 g/mol. The van der Waals surface area contributed by atoms with Crippen LogP contribution >= 0.6 is 15.6 Å². The number of rotatable bonds is 82. The van der Waals surface area contributed by atoms with Crippen molar-refractivity contribution in [3.63, 3.8) is 0 Å². The average Bonchev–Trinajstić information content (AvgIpc) is 0.907. The molecule has 0 aromatic carbocycles. The second-order valence-electron chi connectivity index (χ2n) is 31.6. The van der Waals surface area contributed by atoms with Crippen LogP contribution in [0.15, 0.2) is 0 Å². The highest BCUT2D eigenvalue weighted by Crippen LogP contribution is 2.45. The van der Waals surface area contributed by atoms with Crippen molar-refractivity contribution in [2.75, 3.05) is 39.6 Å². The quantitative estimate of drug-likeness (QED) is 0.0222. The van der Waals surface area contributed by atoms with E-state index in [0.717, 1.165) is 108 Å². The molecule has 0 amide bonds. The van der Waals surface area contributed by atoms with Crippen molar-refractivity contribution in [3.05, 3.63) is 0 Å². The van der Waals surface area contributed by atoms with Crippen molar-refractivity contribution in [1.82, 2.24) is 0 Å². The van der Waals surface area contributed by atoms with Crippen molar-refractivity contribution < 1.29 is 80.2 Å². The molecule has 5 atom stereocenters. The Morgan fingerprint density at radius 3 is 0.660 bits per heavy atom. The third-order valence-corrected chi connectivity index (χ3v) is 21.5. The summed E-state index contributed by atoms with van der Waals surface area (Å²) in [5.41, 5.74) is 0. The van der Waals surface area contributed by atoms with Crippen LogP contribution in [0.2, 0.25) is 0 Å². The fraction of sp³-hybridized carbons (Fsp3) is 0.952. The maximum absolute atomic E-state index is 13.1. The lowest BCUT2D eigenvalue weighted by molar-refractivity contribution is -0.161. The Bertz CT molecular complexity index is 1990. The Morgan fingerprint density at radius 1 is 0.262 bits per heavy atom. The van der Waals surface area contributed by atoms with E-state index in [4.69, 9.17) is 37.0 Å². The minimum atomic E-state index is -4.96. The predicted molar refractivity (Wildman–Crippen MR) is 423 cm³/mol. The topological polar surface area (TPSA) is 237 Å². The van der Waals surface area contributed by atoms with E-state index in [2.05, 4.69) is 48.5 Å². The zero-order valence-electron chi connectivity index (χ0n) is 67.8. The molecule has 0 aliphatic heterocycles. The van der Waals surface area contributed by atoms with Gasteiger partial charge in [-0.3, -0.25) is 37.3 Å². The van der Waals surface area contributed by atoms with Crippen LogP contribution in [0.25, 0.3) is 0 Å². The van der Waals surface area contributed by atoms with Crippen LogP contribution in [0.3, 0.4) is 0 Å². The van der Waals surface area contributed by atoms with Crippen LogP contribution in [0, 0.1) is 17.8 Å². The SMILES string of the molecule is CCCCCCCCCCCCCC(=O)OC[C@H](COP(=O)(O)OC[C@H](O)COP(=O)(O)OC[C@@H](COC(=O)CCCCCCCCCCCCCCCCCC(C)C)OC(=O)CCCCCCCCCCCCCCCCCC(C)C)OC(=O)CCCCCCCCCCCCCCCC(C)C. The number of hydrogen-bond donors (Lipinski definition) is 3. The molecule has 0 heterocycles. The molecule has 17 nitrogen and oxygen atoms in total. The maximum atomic E-state index is 13.1. The lowest BCUT2D eigenvalue weighted by Gasteiger charge is -2.21. The highest BCUT2D eigenvalue weighted by molar-refractivity contribution is 7.47. The molecule has 0 aromatic heterocycles. The molecule has 0 fully saturated rings. The Morgan fingerprint density at radius 2 is 0.447 bits per heavy atom. The van der Waals surface area contributed by atoms with E-state index >= 15 is 0 Å². The number of carbonyl (C=O) groups excluding carboxylic acids is 4. The second-order valence-corrected chi connectivity index (χ2v) is 34.6. The molecule has 2 unspecified atom stereocenters. The molecule has 0 radical (unpaired) electrons. The number of unbranched alkanes of at least 4 members (excludes halogenated alkanes) is 50. The number of ether oxygens (including phenoxy) is 4. The first-order valence-corrected chi connectivity index (χ1v) is 46.3. The van der Waals surface area contributed by atoms with Gasteiger partial charge in [-0.25, -0.2) is 9.13 Å². The molecule has 3 N–H and O–H groups in total. The molecule has 0 saturated heterocycles. The van der Waals surface area contributed by atoms with Gasteiger partial charge in [-0.15, -0.1) is 0 Å². The zero-order chi connectivity index (χ0) is 75.8. The summed E-state index contributed by atoms with van der Waals surface area (Å²) < 4.78 is 68.8. The van der Waals surface area contributed by atoms with Gasteiger partial charge >= 0.3 is 39.5 Å². The molecule has 0 bridgehead atoms. The number of aliphatic hydroxyl groups excluding tert-OH is 1. The molecule has 19 heteroatoms. The molecule has 0 saturated carbocycles. The van der Waals surface area contributed by atoms with E-state index in [1.54, 1.807) is 0 Å². The van der Waals surface area contributed by atoms with Crippen LogP contribution < -0.4 is 0 Å². The van der Waals surface area contributed by atoms with Crippen molar-refractivity contribution in [1.29, 1.82) is 0 Å².